The van der Waals surface area contributed by atoms with Gasteiger partial charge in [-0.1, -0.05) is 13.8 Å². The van der Waals surface area contributed by atoms with Gasteiger partial charge >= 0.3 is 0 Å². The predicted molar refractivity (Wildman–Crippen MR) is 83.2 cm³/mol. The number of anilines is 1. The van der Waals surface area contributed by atoms with Gasteiger partial charge in [0.2, 0.25) is 5.91 Å². The molecule has 0 saturated carbocycles. The van der Waals surface area contributed by atoms with Crippen molar-refractivity contribution in [1.82, 2.24) is 4.90 Å². The number of hydrogen-bond acceptors (Lipinski definition) is 3. The fraction of sp³-hybridized carbons (Fsp3) is 0.562. The van der Waals surface area contributed by atoms with Crippen LogP contribution < -0.4 is 5.32 Å². The number of nitrogens with zero attached hydrogens (tertiary/aromatic N) is 1. The summed E-state index contributed by atoms with van der Waals surface area (Å²) in [7, 11) is 0. The van der Waals surface area contributed by atoms with Crippen LogP contribution in [0.5, 0.6) is 5.75 Å². The van der Waals surface area contributed by atoms with Crippen LogP contribution in [0.15, 0.2) is 12.1 Å². The molecular formula is C16H26N2O2. The molecule has 112 valence electrons. The Labute approximate surface area is 121 Å². The number of amides is 1. The Kier molecular flexibility index (Phi) is 6.52. The van der Waals surface area contributed by atoms with E-state index in [9.17, 15) is 9.90 Å². The van der Waals surface area contributed by atoms with E-state index in [0.29, 0.717) is 6.54 Å². The Morgan fingerprint density at radius 2 is 1.65 bits per heavy atom. The summed E-state index contributed by atoms with van der Waals surface area (Å²) in [5.41, 5.74) is 2.57. The highest BCUT2D eigenvalue weighted by atomic mass is 16.3. The molecule has 1 aromatic carbocycles. The van der Waals surface area contributed by atoms with Gasteiger partial charge in [-0.05, 0) is 63.0 Å². The largest absolute Gasteiger partial charge is 0.508 e. The van der Waals surface area contributed by atoms with Gasteiger partial charge in [0.05, 0.1) is 6.54 Å². The second-order valence-corrected chi connectivity index (χ2v) is 5.28. The molecule has 4 heteroatoms. The smallest absolute Gasteiger partial charge is 0.238 e. The van der Waals surface area contributed by atoms with Crippen molar-refractivity contribution in [2.75, 3.05) is 25.0 Å². The fourth-order valence-electron chi connectivity index (χ4n) is 2.42. The van der Waals surface area contributed by atoms with Gasteiger partial charge in [-0.3, -0.25) is 9.69 Å². The van der Waals surface area contributed by atoms with Crippen molar-refractivity contribution in [3.8, 4) is 5.75 Å². The Hall–Kier alpha value is -1.55. The second-order valence-electron chi connectivity index (χ2n) is 5.28. The highest BCUT2D eigenvalue weighted by Crippen LogP contribution is 2.25. The number of hydrogen-bond donors (Lipinski definition) is 2. The number of nitrogens with one attached hydrogen (secondary N) is 1. The number of benzene rings is 1. The lowest BCUT2D eigenvalue weighted by molar-refractivity contribution is -0.117. The third kappa shape index (κ3) is 4.85. The lowest BCUT2D eigenvalue weighted by Crippen LogP contribution is -2.34. The van der Waals surface area contributed by atoms with Crippen molar-refractivity contribution < 1.29 is 9.90 Å². The summed E-state index contributed by atoms with van der Waals surface area (Å²) in [5, 5.41) is 12.5. The summed E-state index contributed by atoms with van der Waals surface area (Å²) in [6.07, 6.45) is 2.09. The molecule has 1 amide bonds. The van der Waals surface area contributed by atoms with Gasteiger partial charge in [0.15, 0.2) is 0 Å². The molecule has 0 aromatic heterocycles. The number of phenolic OH excluding ortho intramolecular Hbond substituents is 1. The molecule has 0 aliphatic carbocycles. The first-order valence-corrected chi connectivity index (χ1v) is 7.30. The van der Waals surface area contributed by atoms with Crippen LogP contribution in [0.1, 0.15) is 37.8 Å². The van der Waals surface area contributed by atoms with Crippen LogP contribution in [-0.2, 0) is 4.79 Å². The lowest BCUT2D eigenvalue weighted by atomic mass is 10.1. The maximum Gasteiger partial charge on any atom is 0.238 e. The summed E-state index contributed by atoms with van der Waals surface area (Å²) in [6, 6.07) is 3.33. The molecule has 4 nitrogen and oxygen atoms in total. The van der Waals surface area contributed by atoms with Crippen molar-refractivity contribution >= 4 is 11.6 Å². The molecule has 0 radical (unpaired) electrons. The first kappa shape index (κ1) is 16.5. The Bertz CT molecular complexity index is 429. The molecule has 0 unspecified atom stereocenters. The maximum absolute atomic E-state index is 12.1. The van der Waals surface area contributed by atoms with E-state index in [1.165, 1.54) is 0 Å². The monoisotopic (exact) mass is 278 g/mol. The molecule has 0 atom stereocenters. The van der Waals surface area contributed by atoms with Crippen LogP contribution in [-0.4, -0.2) is 35.5 Å². The fourth-order valence-corrected chi connectivity index (χ4v) is 2.42. The molecule has 0 aliphatic heterocycles. The van der Waals surface area contributed by atoms with Gasteiger partial charge in [-0.25, -0.2) is 0 Å². The van der Waals surface area contributed by atoms with Crippen LogP contribution in [0, 0.1) is 13.8 Å². The third-order valence-corrected chi connectivity index (χ3v) is 3.23. The van der Waals surface area contributed by atoms with Gasteiger partial charge in [0.25, 0.3) is 0 Å². The lowest BCUT2D eigenvalue weighted by Gasteiger charge is -2.21. The Balaban J connectivity index is 2.70. The van der Waals surface area contributed by atoms with Crippen molar-refractivity contribution in [3.05, 3.63) is 23.3 Å². The zero-order valence-electron chi connectivity index (χ0n) is 13.0. The Morgan fingerprint density at radius 1 is 1.15 bits per heavy atom. The zero-order chi connectivity index (χ0) is 15.1. The number of carbonyl (C=O) groups is 1. The van der Waals surface area contributed by atoms with Crippen molar-refractivity contribution in [2.45, 2.75) is 40.5 Å². The van der Waals surface area contributed by atoms with E-state index >= 15 is 0 Å². The summed E-state index contributed by atoms with van der Waals surface area (Å²) in [4.78, 5) is 14.3. The first-order valence-electron chi connectivity index (χ1n) is 7.30. The van der Waals surface area contributed by atoms with E-state index in [0.717, 1.165) is 42.7 Å². The molecule has 0 aliphatic rings. The van der Waals surface area contributed by atoms with Gasteiger partial charge in [0, 0.05) is 5.69 Å². The van der Waals surface area contributed by atoms with Crippen LogP contribution in [0.2, 0.25) is 0 Å². The number of aromatic hydroxyl groups is 1. The summed E-state index contributed by atoms with van der Waals surface area (Å²) in [6.45, 7) is 10.3. The highest BCUT2D eigenvalue weighted by Gasteiger charge is 2.12. The van der Waals surface area contributed by atoms with Crippen molar-refractivity contribution in [3.63, 3.8) is 0 Å². The molecular weight excluding hydrogens is 252 g/mol. The normalized spacial score (nSPS) is 10.8. The maximum atomic E-state index is 12.1. The average molecular weight is 278 g/mol. The van der Waals surface area contributed by atoms with Gasteiger partial charge in [-0.2, -0.15) is 0 Å². The molecule has 0 heterocycles. The molecule has 20 heavy (non-hydrogen) atoms. The van der Waals surface area contributed by atoms with Crippen LogP contribution in [0.3, 0.4) is 0 Å². The SMILES string of the molecule is CCCN(CCC)CC(=O)Nc1c(C)cc(O)cc1C. The standard InChI is InChI=1S/C16H26N2O2/c1-5-7-18(8-6-2)11-15(20)17-16-12(3)9-14(19)10-13(16)4/h9-10,19H,5-8,11H2,1-4H3,(H,17,20). The zero-order valence-corrected chi connectivity index (χ0v) is 13.0. The molecule has 0 saturated heterocycles. The van der Waals surface area contributed by atoms with Gasteiger partial charge < -0.3 is 10.4 Å². The minimum atomic E-state index is 0.00351. The van der Waals surface area contributed by atoms with Gasteiger partial charge in [-0.15, -0.1) is 0 Å². The molecule has 0 bridgehead atoms. The molecule has 0 spiro atoms. The molecule has 1 rings (SSSR count). The van der Waals surface area contributed by atoms with E-state index in [4.69, 9.17) is 0 Å². The molecule has 0 fully saturated rings. The Morgan fingerprint density at radius 3 is 2.10 bits per heavy atom. The van der Waals surface area contributed by atoms with Gasteiger partial charge in [0.1, 0.15) is 5.75 Å². The third-order valence-electron chi connectivity index (χ3n) is 3.23. The number of aryl methyl sites for hydroxylation is 2. The highest BCUT2D eigenvalue weighted by molar-refractivity contribution is 5.93. The second kappa shape index (κ2) is 7.90. The van der Waals surface area contributed by atoms with Crippen molar-refractivity contribution in [1.29, 1.82) is 0 Å². The van der Waals surface area contributed by atoms with Crippen LogP contribution in [0.25, 0.3) is 0 Å². The summed E-state index contributed by atoms with van der Waals surface area (Å²) >= 11 is 0. The number of phenols is 1. The molecule has 2 N–H and O–H groups in total. The minimum absolute atomic E-state index is 0.00351. The van der Waals surface area contributed by atoms with Crippen LogP contribution in [0.4, 0.5) is 5.69 Å². The van der Waals surface area contributed by atoms with E-state index in [2.05, 4.69) is 24.1 Å². The topological polar surface area (TPSA) is 52.6 Å². The van der Waals surface area contributed by atoms with E-state index in [1.54, 1.807) is 12.1 Å². The van der Waals surface area contributed by atoms with Crippen LogP contribution >= 0.6 is 0 Å². The molecule has 1 aromatic rings. The van der Waals surface area contributed by atoms with E-state index < -0.39 is 0 Å². The van der Waals surface area contributed by atoms with Crippen molar-refractivity contribution in [2.24, 2.45) is 0 Å². The first-order chi connectivity index (χ1) is 9.47. The average Bonchev–Trinajstić information content (AvgIpc) is 2.34. The number of rotatable bonds is 7. The summed E-state index contributed by atoms with van der Waals surface area (Å²) < 4.78 is 0. The number of carbonyl (C=O) groups excluding carboxylic acids is 1. The predicted octanol–water partition coefficient (Wildman–Crippen LogP) is 3.07. The van der Waals surface area contributed by atoms with E-state index in [-0.39, 0.29) is 11.7 Å². The summed E-state index contributed by atoms with van der Waals surface area (Å²) in [5.74, 6) is 0.236. The minimum Gasteiger partial charge on any atom is -0.508 e. The quantitative estimate of drug-likeness (QED) is 0.754. The van der Waals surface area contributed by atoms with E-state index in [1.807, 2.05) is 13.8 Å².